The van der Waals surface area contributed by atoms with Crippen LogP contribution in [0.5, 0.6) is 0 Å². The van der Waals surface area contributed by atoms with E-state index in [1.165, 1.54) is 23.1 Å². The van der Waals surface area contributed by atoms with Gasteiger partial charge in [-0.1, -0.05) is 6.07 Å². The zero-order valence-corrected chi connectivity index (χ0v) is 12.0. The maximum absolute atomic E-state index is 13.6. The Kier molecular flexibility index (Phi) is 3.77. The van der Waals surface area contributed by atoms with Crippen molar-refractivity contribution < 1.29 is 18.5 Å². The molecule has 0 saturated heterocycles. The summed E-state index contributed by atoms with van der Waals surface area (Å²) < 4.78 is 26.8. The molecule has 0 saturated carbocycles. The zero-order chi connectivity index (χ0) is 16.6. The molecular formula is C16H12F2N2O3. The zero-order valence-electron chi connectivity index (χ0n) is 12.0. The van der Waals surface area contributed by atoms with Crippen molar-refractivity contribution >= 4 is 11.6 Å². The lowest BCUT2D eigenvalue weighted by Gasteiger charge is -2.15. The van der Waals surface area contributed by atoms with E-state index in [0.29, 0.717) is 11.1 Å². The predicted octanol–water partition coefficient (Wildman–Crippen LogP) is 3.07. The molecule has 1 aliphatic rings. The summed E-state index contributed by atoms with van der Waals surface area (Å²) >= 11 is 0. The molecule has 0 aromatic heterocycles. The van der Waals surface area contributed by atoms with E-state index in [9.17, 15) is 23.7 Å². The smallest absolute Gasteiger partial charge is 0.275 e. The first-order chi connectivity index (χ1) is 11.0. The summed E-state index contributed by atoms with van der Waals surface area (Å²) in [6, 6.07) is 7.50. The van der Waals surface area contributed by atoms with Crippen LogP contribution in [0.4, 0.5) is 14.5 Å². The molecule has 0 N–H and O–H groups in total. The van der Waals surface area contributed by atoms with E-state index in [1.807, 2.05) is 0 Å². The molecule has 0 spiro atoms. The molecule has 0 fully saturated rings. The first kappa shape index (κ1) is 15.1. The highest BCUT2D eigenvalue weighted by Gasteiger charge is 2.32. The molecule has 0 bridgehead atoms. The van der Waals surface area contributed by atoms with Crippen LogP contribution < -0.4 is 0 Å². The van der Waals surface area contributed by atoms with Crippen molar-refractivity contribution in [3.8, 4) is 0 Å². The van der Waals surface area contributed by atoms with E-state index in [-0.39, 0.29) is 36.7 Å². The number of nitro groups is 1. The van der Waals surface area contributed by atoms with Crippen molar-refractivity contribution in [2.75, 3.05) is 6.54 Å². The first-order valence-electron chi connectivity index (χ1n) is 6.97. The van der Waals surface area contributed by atoms with Crippen molar-refractivity contribution in [2.24, 2.45) is 0 Å². The van der Waals surface area contributed by atoms with Crippen LogP contribution in [-0.4, -0.2) is 22.3 Å². The molecule has 2 aromatic rings. The van der Waals surface area contributed by atoms with Crippen molar-refractivity contribution in [1.82, 2.24) is 4.90 Å². The van der Waals surface area contributed by atoms with Gasteiger partial charge in [-0.3, -0.25) is 14.9 Å². The highest BCUT2D eigenvalue weighted by atomic mass is 19.1. The van der Waals surface area contributed by atoms with Gasteiger partial charge < -0.3 is 4.90 Å². The lowest BCUT2D eigenvalue weighted by Crippen LogP contribution is -2.26. The Morgan fingerprint density at radius 2 is 2.00 bits per heavy atom. The van der Waals surface area contributed by atoms with E-state index < -0.39 is 16.6 Å². The van der Waals surface area contributed by atoms with Crippen LogP contribution >= 0.6 is 0 Å². The van der Waals surface area contributed by atoms with Crippen LogP contribution in [0.15, 0.2) is 36.4 Å². The summed E-state index contributed by atoms with van der Waals surface area (Å²) in [7, 11) is 0. The fraction of sp³-hybridized carbons (Fsp3) is 0.188. The number of hydrogen-bond acceptors (Lipinski definition) is 3. The second-order valence-corrected chi connectivity index (χ2v) is 5.27. The average Bonchev–Trinajstić information content (AvgIpc) is 2.84. The third-order valence-corrected chi connectivity index (χ3v) is 3.87. The molecule has 7 heteroatoms. The standard InChI is InChI=1S/C16H12F2N2O3/c17-11-4-5-14(18)10(8-11)6-7-19-9-13-12(16(19)21)2-1-3-15(13)20(22)23/h1-5,8H,6-7,9H2. The van der Waals surface area contributed by atoms with Gasteiger partial charge in [-0.05, 0) is 36.2 Å². The summed E-state index contributed by atoms with van der Waals surface area (Å²) in [5.74, 6) is -1.42. The lowest BCUT2D eigenvalue weighted by atomic mass is 10.1. The van der Waals surface area contributed by atoms with E-state index in [4.69, 9.17) is 0 Å². The number of carbonyl (C=O) groups is 1. The van der Waals surface area contributed by atoms with Crippen molar-refractivity contribution in [1.29, 1.82) is 0 Å². The number of carbonyl (C=O) groups excluding carboxylic acids is 1. The van der Waals surface area contributed by atoms with E-state index in [0.717, 1.165) is 18.2 Å². The Morgan fingerprint density at radius 3 is 2.74 bits per heavy atom. The van der Waals surface area contributed by atoms with Gasteiger partial charge in [0.1, 0.15) is 11.6 Å². The van der Waals surface area contributed by atoms with Crippen molar-refractivity contribution in [2.45, 2.75) is 13.0 Å². The molecule has 1 amide bonds. The number of halogens is 2. The van der Waals surface area contributed by atoms with Gasteiger partial charge in [0.05, 0.1) is 22.6 Å². The van der Waals surface area contributed by atoms with Gasteiger partial charge in [-0.15, -0.1) is 0 Å². The fourth-order valence-electron chi connectivity index (χ4n) is 2.72. The molecule has 1 aliphatic heterocycles. The number of hydrogen-bond donors (Lipinski definition) is 0. The summed E-state index contributed by atoms with van der Waals surface area (Å²) in [5.41, 5.74) is 0.722. The SMILES string of the molecule is O=C1c2cccc([N+](=O)[O-])c2CN1CCc1cc(F)ccc1F. The van der Waals surface area contributed by atoms with Gasteiger partial charge in [-0.25, -0.2) is 8.78 Å². The number of nitrogens with zero attached hydrogens (tertiary/aromatic N) is 2. The normalized spacial score (nSPS) is 13.3. The Labute approximate surface area is 130 Å². The highest BCUT2D eigenvalue weighted by Crippen LogP contribution is 2.30. The van der Waals surface area contributed by atoms with Gasteiger partial charge in [0, 0.05) is 12.6 Å². The Balaban J connectivity index is 1.79. The molecule has 23 heavy (non-hydrogen) atoms. The van der Waals surface area contributed by atoms with Gasteiger partial charge in [0.25, 0.3) is 11.6 Å². The monoisotopic (exact) mass is 318 g/mol. The maximum Gasteiger partial charge on any atom is 0.275 e. The molecular weight excluding hydrogens is 306 g/mol. The molecule has 1 heterocycles. The summed E-state index contributed by atoms with van der Waals surface area (Å²) in [6.07, 6.45) is 0.136. The fourth-order valence-corrected chi connectivity index (χ4v) is 2.72. The van der Waals surface area contributed by atoms with Crippen LogP contribution in [0, 0.1) is 21.7 Å². The minimum atomic E-state index is -0.548. The van der Waals surface area contributed by atoms with Crippen LogP contribution in [-0.2, 0) is 13.0 Å². The third-order valence-electron chi connectivity index (χ3n) is 3.87. The van der Waals surface area contributed by atoms with Crippen LogP contribution in [0.2, 0.25) is 0 Å². The molecule has 5 nitrogen and oxygen atoms in total. The quantitative estimate of drug-likeness (QED) is 0.643. The van der Waals surface area contributed by atoms with Crippen LogP contribution in [0.1, 0.15) is 21.5 Å². The van der Waals surface area contributed by atoms with E-state index in [1.54, 1.807) is 0 Å². The Bertz CT molecular complexity index is 808. The summed E-state index contributed by atoms with van der Waals surface area (Å²) in [6.45, 7) is 0.257. The second kappa shape index (κ2) is 5.75. The van der Waals surface area contributed by atoms with E-state index >= 15 is 0 Å². The topological polar surface area (TPSA) is 63.4 Å². The number of rotatable bonds is 4. The van der Waals surface area contributed by atoms with Gasteiger partial charge >= 0.3 is 0 Å². The van der Waals surface area contributed by atoms with Crippen molar-refractivity contribution in [3.63, 3.8) is 0 Å². The molecule has 0 radical (unpaired) electrons. The summed E-state index contributed by atoms with van der Waals surface area (Å²) in [4.78, 5) is 24.2. The third kappa shape index (κ3) is 2.77. The average molecular weight is 318 g/mol. The molecule has 0 atom stereocenters. The highest BCUT2D eigenvalue weighted by molar-refractivity contribution is 5.99. The first-order valence-corrected chi connectivity index (χ1v) is 6.97. The molecule has 0 unspecified atom stereocenters. The van der Waals surface area contributed by atoms with Gasteiger partial charge in [0.15, 0.2) is 0 Å². The molecule has 2 aromatic carbocycles. The second-order valence-electron chi connectivity index (χ2n) is 5.27. The molecule has 0 aliphatic carbocycles. The van der Waals surface area contributed by atoms with Crippen molar-refractivity contribution in [3.05, 3.63) is 74.8 Å². The predicted molar refractivity (Wildman–Crippen MR) is 77.9 cm³/mol. The van der Waals surface area contributed by atoms with Crippen LogP contribution in [0.3, 0.4) is 0 Å². The Hall–Kier alpha value is -2.83. The molecule has 3 rings (SSSR count). The lowest BCUT2D eigenvalue weighted by molar-refractivity contribution is -0.385. The minimum absolute atomic E-state index is 0.0995. The number of fused-ring (bicyclic) bond motifs is 1. The van der Waals surface area contributed by atoms with E-state index in [2.05, 4.69) is 0 Å². The number of benzene rings is 2. The van der Waals surface area contributed by atoms with Gasteiger partial charge in [-0.2, -0.15) is 0 Å². The van der Waals surface area contributed by atoms with Gasteiger partial charge in [0.2, 0.25) is 0 Å². The van der Waals surface area contributed by atoms with Crippen LogP contribution in [0.25, 0.3) is 0 Å². The Morgan fingerprint density at radius 1 is 1.22 bits per heavy atom. The maximum atomic E-state index is 13.6. The summed E-state index contributed by atoms with van der Waals surface area (Å²) in [5, 5.41) is 11.0. The number of amides is 1. The molecule has 118 valence electrons. The number of nitro benzene ring substituents is 1. The largest absolute Gasteiger partial charge is 0.334 e. The minimum Gasteiger partial charge on any atom is -0.334 e.